The molecule has 1 atom stereocenters. The zero-order valence-electron chi connectivity index (χ0n) is 13.3. The van der Waals surface area contributed by atoms with Crippen LogP contribution in [-0.4, -0.2) is 32.7 Å². The van der Waals surface area contributed by atoms with Crippen LogP contribution in [0.15, 0.2) is 47.5 Å². The highest BCUT2D eigenvalue weighted by molar-refractivity contribution is 5.79. The van der Waals surface area contributed by atoms with E-state index in [9.17, 15) is 4.79 Å². The SMILES string of the molecule is COc1ccc(-c2nc(CNC(=O)[C@@H](C)n3ccnc3)no2)cc1. The monoisotopic (exact) mass is 327 g/mol. The molecule has 0 saturated heterocycles. The van der Waals surface area contributed by atoms with Crippen LogP contribution < -0.4 is 10.1 Å². The Bertz CT molecular complexity index is 795. The van der Waals surface area contributed by atoms with Gasteiger partial charge in [0.1, 0.15) is 11.8 Å². The Hall–Kier alpha value is -3.16. The quantitative estimate of drug-likeness (QED) is 0.742. The largest absolute Gasteiger partial charge is 0.497 e. The molecule has 2 aromatic heterocycles. The first kappa shape index (κ1) is 15.7. The lowest BCUT2D eigenvalue weighted by molar-refractivity contribution is -0.124. The van der Waals surface area contributed by atoms with Gasteiger partial charge < -0.3 is 19.1 Å². The number of methoxy groups -OCH3 is 1. The summed E-state index contributed by atoms with van der Waals surface area (Å²) < 4.78 is 12.0. The van der Waals surface area contributed by atoms with Crippen molar-refractivity contribution in [3.05, 3.63) is 48.8 Å². The molecule has 8 nitrogen and oxygen atoms in total. The number of benzene rings is 1. The topological polar surface area (TPSA) is 95.1 Å². The molecule has 1 amide bonds. The Morgan fingerprint density at radius 1 is 1.38 bits per heavy atom. The first-order valence-corrected chi connectivity index (χ1v) is 7.39. The first-order chi connectivity index (χ1) is 11.7. The average Bonchev–Trinajstić information content (AvgIpc) is 3.31. The highest BCUT2D eigenvalue weighted by Gasteiger charge is 2.15. The van der Waals surface area contributed by atoms with Crippen LogP contribution in [0.2, 0.25) is 0 Å². The fourth-order valence-electron chi connectivity index (χ4n) is 2.12. The highest BCUT2D eigenvalue weighted by Crippen LogP contribution is 2.20. The Kier molecular flexibility index (Phi) is 4.55. The molecule has 0 bridgehead atoms. The predicted octanol–water partition coefficient (Wildman–Crippen LogP) is 1.82. The van der Waals surface area contributed by atoms with Crippen LogP contribution in [0, 0.1) is 0 Å². The summed E-state index contributed by atoms with van der Waals surface area (Å²) in [6, 6.07) is 6.92. The molecule has 0 aliphatic heterocycles. The summed E-state index contributed by atoms with van der Waals surface area (Å²) in [5.74, 6) is 1.40. The molecule has 0 unspecified atom stereocenters. The number of rotatable bonds is 6. The molecule has 0 fully saturated rings. The third-order valence-electron chi connectivity index (χ3n) is 3.58. The molecule has 0 saturated carbocycles. The third-order valence-corrected chi connectivity index (χ3v) is 3.58. The number of nitrogens with zero attached hydrogens (tertiary/aromatic N) is 4. The molecule has 0 spiro atoms. The van der Waals surface area contributed by atoms with E-state index in [2.05, 4.69) is 20.4 Å². The van der Waals surface area contributed by atoms with E-state index in [1.165, 1.54) is 0 Å². The Labute approximate surface area is 138 Å². The number of carbonyl (C=O) groups excluding carboxylic acids is 1. The highest BCUT2D eigenvalue weighted by atomic mass is 16.5. The lowest BCUT2D eigenvalue weighted by Crippen LogP contribution is -2.30. The number of carbonyl (C=O) groups is 1. The number of imidazole rings is 1. The summed E-state index contributed by atoms with van der Waals surface area (Å²) in [5.41, 5.74) is 0.785. The summed E-state index contributed by atoms with van der Waals surface area (Å²) in [5, 5.41) is 6.66. The van der Waals surface area contributed by atoms with Crippen LogP contribution in [-0.2, 0) is 11.3 Å². The minimum absolute atomic E-state index is 0.149. The zero-order chi connectivity index (χ0) is 16.9. The normalized spacial score (nSPS) is 11.9. The van der Waals surface area contributed by atoms with Crippen LogP contribution in [0.1, 0.15) is 18.8 Å². The van der Waals surface area contributed by atoms with Gasteiger partial charge in [-0.1, -0.05) is 5.16 Å². The van der Waals surface area contributed by atoms with Crippen molar-refractivity contribution in [3.63, 3.8) is 0 Å². The fraction of sp³-hybridized carbons (Fsp3) is 0.250. The van der Waals surface area contributed by atoms with Gasteiger partial charge in [0.25, 0.3) is 5.89 Å². The second-order valence-corrected chi connectivity index (χ2v) is 5.15. The lowest BCUT2D eigenvalue weighted by atomic mass is 10.2. The molecular weight excluding hydrogens is 310 g/mol. The maximum atomic E-state index is 12.1. The number of amides is 1. The van der Waals surface area contributed by atoms with Gasteiger partial charge in [0.15, 0.2) is 5.82 Å². The van der Waals surface area contributed by atoms with Crippen LogP contribution in [0.5, 0.6) is 5.75 Å². The molecule has 0 aliphatic carbocycles. The summed E-state index contributed by atoms with van der Waals surface area (Å²) in [6.45, 7) is 1.98. The van der Waals surface area contributed by atoms with E-state index in [0.29, 0.717) is 11.7 Å². The van der Waals surface area contributed by atoms with Crippen molar-refractivity contribution < 1.29 is 14.1 Å². The third kappa shape index (κ3) is 3.43. The summed E-state index contributed by atoms with van der Waals surface area (Å²) in [4.78, 5) is 20.3. The summed E-state index contributed by atoms with van der Waals surface area (Å²) in [7, 11) is 1.60. The van der Waals surface area contributed by atoms with Gasteiger partial charge in [-0.05, 0) is 31.2 Å². The van der Waals surface area contributed by atoms with Gasteiger partial charge in [-0.15, -0.1) is 0 Å². The minimum Gasteiger partial charge on any atom is -0.497 e. The molecule has 1 aromatic carbocycles. The number of aromatic nitrogens is 4. The van der Waals surface area contributed by atoms with E-state index >= 15 is 0 Å². The number of hydrogen-bond donors (Lipinski definition) is 1. The van der Waals surface area contributed by atoms with E-state index in [0.717, 1.165) is 11.3 Å². The zero-order valence-corrected chi connectivity index (χ0v) is 13.3. The van der Waals surface area contributed by atoms with E-state index in [-0.39, 0.29) is 18.5 Å². The van der Waals surface area contributed by atoms with E-state index in [1.807, 2.05) is 24.3 Å². The van der Waals surface area contributed by atoms with E-state index in [1.54, 1.807) is 37.3 Å². The maximum absolute atomic E-state index is 12.1. The van der Waals surface area contributed by atoms with Gasteiger partial charge in [-0.25, -0.2) is 4.98 Å². The number of hydrogen-bond acceptors (Lipinski definition) is 6. The number of ether oxygens (including phenoxy) is 1. The number of nitrogens with one attached hydrogen (secondary N) is 1. The fourth-order valence-corrected chi connectivity index (χ4v) is 2.12. The molecule has 3 aromatic rings. The van der Waals surface area contributed by atoms with Crippen molar-refractivity contribution >= 4 is 5.91 Å². The van der Waals surface area contributed by atoms with Gasteiger partial charge in [0, 0.05) is 18.0 Å². The van der Waals surface area contributed by atoms with Crippen molar-refractivity contribution in [3.8, 4) is 17.2 Å². The lowest BCUT2D eigenvalue weighted by Gasteiger charge is -2.11. The van der Waals surface area contributed by atoms with Crippen molar-refractivity contribution in [2.75, 3.05) is 7.11 Å². The van der Waals surface area contributed by atoms with E-state index < -0.39 is 0 Å². The summed E-state index contributed by atoms with van der Waals surface area (Å²) >= 11 is 0. The molecule has 0 aliphatic rings. The molecule has 3 rings (SSSR count). The standard InChI is InChI=1S/C16H17N5O3/c1-11(21-8-7-17-10-21)15(22)18-9-14-19-16(24-20-14)12-3-5-13(23-2)6-4-12/h3-8,10-11H,9H2,1-2H3,(H,18,22)/t11-/m1/s1. The Balaban J connectivity index is 1.60. The average molecular weight is 327 g/mol. The second kappa shape index (κ2) is 6.95. The van der Waals surface area contributed by atoms with Crippen LogP contribution in [0.3, 0.4) is 0 Å². The molecule has 0 radical (unpaired) electrons. The van der Waals surface area contributed by atoms with Crippen molar-refractivity contribution in [1.29, 1.82) is 0 Å². The Morgan fingerprint density at radius 2 is 2.17 bits per heavy atom. The molecular formula is C16H17N5O3. The maximum Gasteiger partial charge on any atom is 0.257 e. The van der Waals surface area contributed by atoms with E-state index in [4.69, 9.17) is 9.26 Å². The van der Waals surface area contributed by atoms with Crippen molar-refractivity contribution in [2.24, 2.45) is 0 Å². The van der Waals surface area contributed by atoms with Gasteiger partial charge in [0.05, 0.1) is 20.0 Å². The van der Waals surface area contributed by atoms with Crippen LogP contribution >= 0.6 is 0 Å². The second-order valence-electron chi connectivity index (χ2n) is 5.15. The summed E-state index contributed by atoms with van der Waals surface area (Å²) in [6.07, 6.45) is 4.96. The Morgan fingerprint density at radius 3 is 2.83 bits per heavy atom. The smallest absolute Gasteiger partial charge is 0.257 e. The van der Waals surface area contributed by atoms with Crippen LogP contribution in [0.4, 0.5) is 0 Å². The molecule has 124 valence electrons. The van der Waals surface area contributed by atoms with Crippen molar-refractivity contribution in [1.82, 2.24) is 25.0 Å². The molecule has 2 heterocycles. The molecule has 24 heavy (non-hydrogen) atoms. The van der Waals surface area contributed by atoms with Gasteiger partial charge >= 0.3 is 0 Å². The first-order valence-electron chi connectivity index (χ1n) is 7.39. The van der Waals surface area contributed by atoms with Crippen LogP contribution in [0.25, 0.3) is 11.5 Å². The predicted molar refractivity (Wildman–Crippen MR) is 85.1 cm³/mol. The van der Waals surface area contributed by atoms with Crippen molar-refractivity contribution in [2.45, 2.75) is 19.5 Å². The molecule has 8 heteroatoms. The molecule has 1 N–H and O–H groups in total. The van der Waals surface area contributed by atoms with Gasteiger partial charge in [0.2, 0.25) is 5.91 Å². The van der Waals surface area contributed by atoms with Gasteiger partial charge in [-0.3, -0.25) is 4.79 Å². The minimum atomic E-state index is -0.361. The van der Waals surface area contributed by atoms with Gasteiger partial charge in [-0.2, -0.15) is 4.98 Å².